The molecule has 0 atom stereocenters. The molecule has 0 aromatic heterocycles. The van der Waals surface area contributed by atoms with Gasteiger partial charge < -0.3 is 28.1 Å². The van der Waals surface area contributed by atoms with Crippen LogP contribution in [0.4, 0.5) is 0 Å². The molecule has 0 aromatic rings. The van der Waals surface area contributed by atoms with Crippen LogP contribution in [0.5, 0.6) is 0 Å². The van der Waals surface area contributed by atoms with Crippen molar-refractivity contribution in [3.63, 3.8) is 0 Å². The first-order chi connectivity index (χ1) is 17.4. The minimum absolute atomic E-state index is 0.181. The zero-order valence-corrected chi connectivity index (χ0v) is 26.6. The third kappa shape index (κ3) is 18.9. The van der Waals surface area contributed by atoms with Crippen LogP contribution in [-0.4, -0.2) is 77.1 Å². The lowest BCUT2D eigenvalue weighted by atomic mass is 10.2. The third-order valence-electron chi connectivity index (χ3n) is 7.10. The van der Waals surface area contributed by atoms with Crippen LogP contribution in [0.15, 0.2) is 0 Å². The Morgan fingerprint density at radius 1 is 0.667 bits per heavy atom. The number of carbonyl (C=O) groups excluding carboxylic acids is 1. The predicted octanol–water partition coefficient (Wildman–Crippen LogP) is 6.42. The van der Waals surface area contributed by atoms with E-state index < -0.39 is 16.9 Å². The summed E-state index contributed by atoms with van der Waals surface area (Å²) < 4.78 is 27.3. The summed E-state index contributed by atoms with van der Waals surface area (Å²) in [6, 6.07) is 5.04. The Balaban J connectivity index is 3.88. The van der Waals surface area contributed by atoms with Crippen molar-refractivity contribution in [2.45, 2.75) is 115 Å². The molecule has 0 saturated carbocycles. The molecule has 9 heteroatoms. The number of nitrogens with one attached hydrogen (secondary N) is 1. The summed E-state index contributed by atoms with van der Waals surface area (Å²) in [6.45, 7) is 10.2. The fraction of sp³-hybridized carbons (Fsp3) is 0.963. The van der Waals surface area contributed by atoms with Crippen molar-refractivity contribution in [1.82, 2.24) is 5.32 Å². The Kier molecular flexibility index (Phi) is 23.6. The first-order valence-electron chi connectivity index (χ1n) is 14.5. The fourth-order valence-corrected chi connectivity index (χ4v) is 10.3. The van der Waals surface area contributed by atoms with Gasteiger partial charge in [-0.25, -0.2) is 0 Å². The van der Waals surface area contributed by atoms with Crippen molar-refractivity contribution < 1.29 is 27.5 Å². The topological polar surface area (TPSA) is 75.3 Å². The fourth-order valence-electron chi connectivity index (χ4n) is 4.62. The molecule has 0 radical (unpaired) electrons. The lowest BCUT2D eigenvalue weighted by Crippen LogP contribution is -2.43. The number of unbranched alkanes of at least 4 members (excludes halogenated alkanes) is 6. The van der Waals surface area contributed by atoms with Crippen LogP contribution >= 0.6 is 0 Å². The van der Waals surface area contributed by atoms with Gasteiger partial charge in [0, 0.05) is 40.5 Å². The molecule has 0 fully saturated rings. The van der Waals surface area contributed by atoms with E-state index in [1.54, 1.807) is 21.3 Å². The molecule has 7 nitrogen and oxygen atoms in total. The van der Waals surface area contributed by atoms with E-state index in [-0.39, 0.29) is 5.97 Å². The molecule has 0 unspecified atom stereocenters. The smallest absolute Gasteiger partial charge is 0.463 e. The molecule has 0 rings (SSSR count). The van der Waals surface area contributed by atoms with Gasteiger partial charge in [-0.2, -0.15) is 0 Å². The summed E-state index contributed by atoms with van der Waals surface area (Å²) in [5, 5.41) is 3.26. The summed E-state index contributed by atoms with van der Waals surface area (Å²) in [7, 11) is 1.19. The molecule has 0 aliphatic heterocycles. The van der Waals surface area contributed by atoms with Gasteiger partial charge in [0.1, 0.15) is 6.61 Å². The van der Waals surface area contributed by atoms with Crippen molar-refractivity contribution in [3.8, 4) is 0 Å². The number of carbonyl (C=O) groups is 1. The second-order valence-electron chi connectivity index (χ2n) is 10.3. The maximum atomic E-state index is 11.9. The van der Waals surface area contributed by atoms with Gasteiger partial charge in [-0.3, -0.25) is 4.79 Å². The second kappa shape index (κ2) is 23.8. The highest BCUT2D eigenvalue weighted by atomic mass is 28.4. The number of ether oxygens (including phenoxy) is 2. The molecular formula is C27H59NO6Si2. The van der Waals surface area contributed by atoms with E-state index >= 15 is 0 Å². The lowest BCUT2D eigenvalue weighted by molar-refractivity contribution is -0.145. The summed E-state index contributed by atoms with van der Waals surface area (Å²) in [6.07, 6.45) is 13.3. The third-order valence-corrected chi connectivity index (χ3v) is 14.6. The van der Waals surface area contributed by atoms with Gasteiger partial charge in [-0.05, 0) is 19.4 Å². The second-order valence-corrected chi connectivity index (χ2v) is 18.5. The van der Waals surface area contributed by atoms with Crippen LogP contribution in [0.2, 0.25) is 30.7 Å². The molecule has 216 valence electrons. The Bertz CT molecular complexity index is 488. The zero-order valence-electron chi connectivity index (χ0n) is 24.6. The number of esters is 1. The number of hydrogen-bond donors (Lipinski definition) is 1. The molecule has 36 heavy (non-hydrogen) atoms. The number of hydrogen-bond acceptors (Lipinski definition) is 7. The van der Waals surface area contributed by atoms with Gasteiger partial charge in [-0.15, -0.1) is 0 Å². The molecule has 0 aromatic carbocycles. The van der Waals surface area contributed by atoms with E-state index in [1.165, 1.54) is 69.5 Å². The summed E-state index contributed by atoms with van der Waals surface area (Å²) in [5.74, 6) is -0.181. The van der Waals surface area contributed by atoms with Gasteiger partial charge >= 0.3 is 14.8 Å². The Morgan fingerprint density at radius 2 is 1.25 bits per heavy atom. The van der Waals surface area contributed by atoms with Crippen molar-refractivity contribution in [2.75, 3.05) is 54.2 Å². The van der Waals surface area contributed by atoms with E-state index in [4.69, 9.17) is 22.8 Å². The van der Waals surface area contributed by atoms with Crippen molar-refractivity contribution >= 4 is 22.8 Å². The largest absolute Gasteiger partial charge is 0.500 e. The average molecular weight is 550 g/mol. The molecule has 0 heterocycles. The van der Waals surface area contributed by atoms with Gasteiger partial charge in [-0.1, -0.05) is 89.9 Å². The standard InChI is InChI=1S/C27H59NO6Si2/c1-7-9-11-13-23-35(6,24-14-12-10-8-2)25-16-20-33-21-22-34-27(29)17-19-28-18-15-26-36(30-3,31-4)32-5/h28H,7-26H2,1-6H3. The molecule has 1 N–H and O–H groups in total. The molecule has 0 aliphatic carbocycles. The van der Waals surface area contributed by atoms with E-state index in [2.05, 4.69) is 25.7 Å². The Hall–Kier alpha value is -0.296. The van der Waals surface area contributed by atoms with Gasteiger partial charge in [0.25, 0.3) is 0 Å². The van der Waals surface area contributed by atoms with Gasteiger partial charge in [0.15, 0.2) is 0 Å². The van der Waals surface area contributed by atoms with Crippen LogP contribution in [0.1, 0.15) is 84.5 Å². The molecule has 0 spiro atoms. The lowest BCUT2D eigenvalue weighted by Gasteiger charge is -2.28. The van der Waals surface area contributed by atoms with E-state index in [0.29, 0.717) is 26.2 Å². The molecule has 0 saturated heterocycles. The van der Waals surface area contributed by atoms with Gasteiger partial charge in [0.05, 0.1) is 21.1 Å². The molecular weight excluding hydrogens is 490 g/mol. The maximum absolute atomic E-state index is 11.9. The summed E-state index contributed by atoms with van der Waals surface area (Å²) >= 11 is 0. The first-order valence-corrected chi connectivity index (χ1v) is 19.6. The van der Waals surface area contributed by atoms with Crippen molar-refractivity contribution in [2.24, 2.45) is 0 Å². The van der Waals surface area contributed by atoms with Crippen LogP contribution in [0.25, 0.3) is 0 Å². The van der Waals surface area contributed by atoms with Crippen LogP contribution < -0.4 is 5.32 Å². The first kappa shape index (κ1) is 35.7. The minimum atomic E-state index is -2.50. The quantitative estimate of drug-likeness (QED) is 0.0719. The monoisotopic (exact) mass is 549 g/mol. The highest BCUT2D eigenvalue weighted by Crippen LogP contribution is 2.28. The van der Waals surface area contributed by atoms with E-state index in [1.807, 2.05) is 0 Å². The maximum Gasteiger partial charge on any atom is 0.500 e. The summed E-state index contributed by atoms with van der Waals surface area (Å²) in [4.78, 5) is 11.9. The van der Waals surface area contributed by atoms with E-state index in [0.717, 1.165) is 32.0 Å². The van der Waals surface area contributed by atoms with Crippen LogP contribution in [0, 0.1) is 0 Å². The summed E-state index contributed by atoms with van der Waals surface area (Å²) in [5.41, 5.74) is 0. The van der Waals surface area contributed by atoms with E-state index in [9.17, 15) is 4.79 Å². The van der Waals surface area contributed by atoms with Crippen LogP contribution in [-0.2, 0) is 27.5 Å². The Morgan fingerprint density at radius 3 is 1.81 bits per heavy atom. The predicted molar refractivity (Wildman–Crippen MR) is 154 cm³/mol. The zero-order chi connectivity index (χ0) is 27.0. The van der Waals surface area contributed by atoms with Gasteiger partial charge in [0.2, 0.25) is 0 Å². The molecule has 0 aliphatic rings. The normalized spacial score (nSPS) is 12.3. The molecule has 0 amide bonds. The highest BCUT2D eigenvalue weighted by Gasteiger charge is 2.36. The highest BCUT2D eigenvalue weighted by molar-refractivity contribution is 6.78. The minimum Gasteiger partial charge on any atom is -0.463 e. The SMILES string of the molecule is CCCCCC[Si](C)(CCCCCC)CCCOCCOC(=O)CCNCCC[Si](OC)(OC)OC. The van der Waals surface area contributed by atoms with Crippen molar-refractivity contribution in [3.05, 3.63) is 0 Å². The molecule has 0 bridgehead atoms. The van der Waals surface area contributed by atoms with Crippen LogP contribution in [0.3, 0.4) is 0 Å². The average Bonchev–Trinajstić information content (AvgIpc) is 2.89. The Labute approximate surface area is 225 Å². The van der Waals surface area contributed by atoms with Crippen molar-refractivity contribution in [1.29, 1.82) is 0 Å². The number of rotatable bonds is 27.